The number of hydrogen-bond acceptors (Lipinski definition) is 6. The lowest BCUT2D eigenvalue weighted by Gasteiger charge is -2.19. The first-order valence-corrected chi connectivity index (χ1v) is 7.57. The Balaban J connectivity index is 2.74. The first-order chi connectivity index (χ1) is 12.7. The van der Waals surface area contributed by atoms with E-state index in [0.29, 0.717) is 16.9 Å². The molecule has 0 heterocycles. The van der Waals surface area contributed by atoms with E-state index in [2.05, 4.69) is 31.0 Å². The lowest BCUT2D eigenvalue weighted by atomic mass is 10.2. The molecule has 0 aromatic heterocycles. The van der Waals surface area contributed by atoms with Crippen LogP contribution in [0.4, 0.5) is 30.6 Å². The minimum absolute atomic E-state index is 0.355. The zero-order chi connectivity index (χ0) is 20.6. The zero-order valence-corrected chi connectivity index (χ0v) is 15.6. The third-order valence-electron chi connectivity index (χ3n) is 3.18. The Labute approximate surface area is 155 Å². The highest BCUT2D eigenvalue weighted by Gasteiger charge is 2.14. The van der Waals surface area contributed by atoms with Gasteiger partial charge in [0.05, 0.1) is 14.2 Å². The van der Waals surface area contributed by atoms with Gasteiger partial charge in [0.1, 0.15) is 0 Å². The van der Waals surface area contributed by atoms with Gasteiger partial charge in [0, 0.05) is 25.5 Å². The monoisotopic (exact) mass is 382 g/mol. The molecular formula is C15H22N6O6. The largest absolute Gasteiger partial charge is 0.452 e. The third kappa shape index (κ3) is 6.61. The standard InChI is InChI=1S/C15H22N6O6/c1-9-6-7-10(16-12(22)18-20(2)14(24)26-4)8-11(9)17-13(23)19-21(3)15(25)27-5/h6-8H,1-5H3,(H2,16,18,22)(H2,17,19,23). The number of rotatable bonds is 2. The predicted octanol–water partition coefficient (Wildman–Crippen LogP) is 1.46. The summed E-state index contributed by atoms with van der Waals surface area (Å²) in [5, 5.41) is 6.78. The van der Waals surface area contributed by atoms with E-state index in [1.165, 1.54) is 34.4 Å². The normalized spacial score (nSPS) is 9.52. The van der Waals surface area contributed by atoms with Crippen molar-refractivity contribution in [3.05, 3.63) is 23.8 Å². The van der Waals surface area contributed by atoms with E-state index >= 15 is 0 Å². The number of nitrogens with zero attached hydrogens (tertiary/aromatic N) is 2. The maximum Gasteiger partial charge on any atom is 0.428 e. The molecule has 0 aliphatic carbocycles. The highest BCUT2D eigenvalue weighted by Crippen LogP contribution is 2.20. The topological polar surface area (TPSA) is 141 Å². The first-order valence-electron chi connectivity index (χ1n) is 7.57. The minimum atomic E-state index is -0.747. The number of ether oxygens (including phenoxy) is 2. The number of amides is 6. The number of hydrazine groups is 2. The van der Waals surface area contributed by atoms with Crippen molar-refractivity contribution in [1.82, 2.24) is 20.9 Å². The van der Waals surface area contributed by atoms with Crippen molar-refractivity contribution in [1.29, 1.82) is 0 Å². The second-order valence-electron chi connectivity index (χ2n) is 5.22. The molecule has 0 aliphatic heterocycles. The molecular weight excluding hydrogens is 360 g/mol. The van der Waals surface area contributed by atoms with Gasteiger partial charge < -0.3 is 20.1 Å². The molecule has 1 rings (SSSR count). The van der Waals surface area contributed by atoms with Crippen molar-refractivity contribution in [2.75, 3.05) is 38.9 Å². The molecule has 0 saturated heterocycles. The molecule has 6 amide bonds. The summed E-state index contributed by atoms with van der Waals surface area (Å²) in [6.07, 6.45) is -1.49. The van der Waals surface area contributed by atoms with E-state index in [4.69, 9.17) is 0 Å². The van der Waals surface area contributed by atoms with E-state index in [9.17, 15) is 19.2 Å². The molecule has 0 spiro atoms. The molecule has 148 valence electrons. The molecule has 0 saturated carbocycles. The molecule has 1 aromatic rings. The van der Waals surface area contributed by atoms with Crippen LogP contribution < -0.4 is 21.5 Å². The van der Waals surface area contributed by atoms with Crippen LogP contribution in [-0.4, -0.2) is 62.6 Å². The van der Waals surface area contributed by atoms with Crippen LogP contribution in [0.1, 0.15) is 5.56 Å². The highest BCUT2D eigenvalue weighted by atomic mass is 16.6. The van der Waals surface area contributed by atoms with E-state index in [0.717, 1.165) is 10.0 Å². The summed E-state index contributed by atoms with van der Waals surface area (Å²) >= 11 is 0. The Morgan fingerprint density at radius 2 is 1.33 bits per heavy atom. The lowest BCUT2D eigenvalue weighted by Crippen LogP contribution is -2.45. The summed E-state index contributed by atoms with van der Waals surface area (Å²) in [6.45, 7) is 1.74. The van der Waals surface area contributed by atoms with Crippen LogP contribution in [0.25, 0.3) is 0 Å². The summed E-state index contributed by atoms with van der Waals surface area (Å²) in [5.41, 5.74) is 5.97. The number of methoxy groups -OCH3 is 2. The molecule has 12 nitrogen and oxygen atoms in total. The lowest BCUT2D eigenvalue weighted by molar-refractivity contribution is 0.118. The molecule has 27 heavy (non-hydrogen) atoms. The van der Waals surface area contributed by atoms with Gasteiger partial charge in [0.25, 0.3) is 0 Å². The molecule has 0 unspecified atom stereocenters. The van der Waals surface area contributed by atoms with Crippen molar-refractivity contribution in [3.8, 4) is 0 Å². The molecule has 0 aliphatic rings. The van der Waals surface area contributed by atoms with E-state index in [1.807, 2.05) is 0 Å². The smallest absolute Gasteiger partial charge is 0.428 e. The van der Waals surface area contributed by atoms with Crippen LogP contribution in [0.3, 0.4) is 0 Å². The highest BCUT2D eigenvalue weighted by molar-refractivity contribution is 5.94. The Kier molecular flexibility index (Phi) is 7.67. The quantitative estimate of drug-likeness (QED) is 0.571. The molecule has 4 N–H and O–H groups in total. The maximum absolute atomic E-state index is 12.0. The summed E-state index contributed by atoms with van der Waals surface area (Å²) in [5.74, 6) is 0. The number of carbonyl (C=O) groups is 4. The number of aryl methyl sites for hydroxylation is 1. The molecule has 1 aromatic carbocycles. The van der Waals surface area contributed by atoms with Crippen LogP contribution in [0.15, 0.2) is 18.2 Å². The summed E-state index contributed by atoms with van der Waals surface area (Å²) in [7, 11) is 4.99. The van der Waals surface area contributed by atoms with Gasteiger partial charge >= 0.3 is 24.2 Å². The SMILES string of the molecule is COC(=O)N(C)NC(=O)Nc1ccc(C)c(NC(=O)NN(C)C(=O)OC)c1. The molecule has 0 atom stereocenters. The van der Waals surface area contributed by atoms with Crippen LogP contribution in [0.5, 0.6) is 0 Å². The molecule has 0 fully saturated rings. The second kappa shape index (κ2) is 9.70. The Morgan fingerprint density at radius 3 is 1.81 bits per heavy atom. The molecule has 12 heteroatoms. The third-order valence-corrected chi connectivity index (χ3v) is 3.18. The zero-order valence-electron chi connectivity index (χ0n) is 15.6. The van der Waals surface area contributed by atoms with Crippen molar-refractivity contribution < 1.29 is 28.7 Å². The maximum atomic E-state index is 12.0. The van der Waals surface area contributed by atoms with E-state index in [-0.39, 0.29) is 0 Å². The van der Waals surface area contributed by atoms with Gasteiger partial charge in [-0.2, -0.15) is 0 Å². The fourth-order valence-corrected chi connectivity index (χ4v) is 1.81. The van der Waals surface area contributed by atoms with Crippen molar-refractivity contribution in [3.63, 3.8) is 0 Å². The van der Waals surface area contributed by atoms with Gasteiger partial charge in [0.15, 0.2) is 0 Å². The number of nitrogens with one attached hydrogen (secondary N) is 4. The number of hydrogen-bond donors (Lipinski definition) is 4. The summed E-state index contributed by atoms with van der Waals surface area (Å²) in [6, 6.07) is 3.41. The van der Waals surface area contributed by atoms with Gasteiger partial charge in [-0.25, -0.2) is 40.0 Å². The molecule has 0 bridgehead atoms. The second-order valence-corrected chi connectivity index (χ2v) is 5.22. The van der Waals surface area contributed by atoms with E-state index < -0.39 is 24.2 Å². The number of benzene rings is 1. The van der Waals surface area contributed by atoms with Crippen LogP contribution in [-0.2, 0) is 9.47 Å². The van der Waals surface area contributed by atoms with Crippen LogP contribution >= 0.6 is 0 Å². The number of anilines is 2. The van der Waals surface area contributed by atoms with Crippen molar-refractivity contribution in [2.45, 2.75) is 6.92 Å². The van der Waals surface area contributed by atoms with Gasteiger partial charge in [-0.05, 0) is 24.6 Å². The number of urea groups is 2. The average molecular weight is 382 g/mol. The predicted molar refractivity (Wildman–Crippen MR) is 95.8 cm³/mol. The van der Waals surface area contributed by atoms with Gasteiger partial charge in [0.2, 0.25) is 0 Å². The van der Waals surface area contributed by atoms with E-state index in [1.54, 1.807) is 19.1 Å². The summed E-state index contributed by atoms with van der Waals surface area (Å²) in [4.78, 5) is 46.4. The fourth-order valence-electron chi connectivity index (χ4n) is 1.81. The molecule has 0 radical (unpaired) electrons. The van der Waals surface area contributed by atoms with Gasteiger partial charge in [-0.3, -0.25) is 0 Å². The van der Waals surface area contributed by atoms with Gasteiger partial charge in [-0.15, -0.1) is 0 Å². The average Bonchev–Trinajstić information content (AvgIpc) is 2.62. The van der Waals surface area contributed by atoms with Crippen LogP contribution in [0.2, 0.25) is 0 Å². The minimum Gasteiger partial charge on any atom is -0.452 e. The number of carbonyl (C=O) groups excluding carboxylic acids is 4. The van der Waals surface area contributed by atoms with Gasteiger partial charge in [-0.1, -0.05) is 6.07 Å². The summed E-state index contributed by atoms with van der Waals surface area (Å²) < 4.78 is 8.91. The van der Waals surface area contributed by atoms with Crippen LogP contribution in [0, 0.1) is 6.92 Å². The van der Waals surface area contributed by atoms with Crippen molar-refractivity contribution in [2.24, 2.45) is 0 Å². The Morgan fingerprint density at radius 1 is 0.852 bits per heavy atom. The Hall–Kier alpha value is -3.70. The van der Waals surface area contributed by atoms with Crippen molar-refractivity contribution >= 4 is 35.6 Å². The Bertz CT molecular complexity index is 725. The fraction of sp³-hybridized carbons (Fsp3) is 0.333. The first kappa shape index (κ1) is 21.3.